The Morgan fingerprint density at radius 2 is 1.97 bits per heavy atom. The molecule has 2 aliphatic rings. The first-order valence-corrected chi connectivity index (χ1v) is 10.7. The van der Waals surface area contributed by atoms with E-state index in [0.717, 1.165) is 30.9 Å². The van der Waals surface area contributed by atoms with Crippen LogP contribution in [0.1, 0.15) is 30.9 Å². The number of hydrogen-bond acceptors (Lipinski definition) is 7. The lowest BCUT2D eigenvalue weighted by Crippen LogP contribution is -2.54. The SMILES string of the molecule is Cc1nc2c(C)nc(NC(=O)N3CCc4c(N5C[C@@H](C)N[C@@H](C)C5)ccnc43)cn2n1. The summed E-state index contributed by atoms with van der Waals surface area (Å²) in [5, 5.41) is 10.8. The molecule has 3 aromatic heterocycles. The van der Waals surface area contributed by atoms with E-state index in [1.807, 2.05) is 13.8 Å². The first-order chi connectivity index (χ1) is 14.9. The Morgan fingerprint density at radius 3 is 2.74 bits per heavy atom. The molecule has 10 heteroatoms. The topological polar surface area (TPSA) is 104 Å². The van der Waals surface area contributed by atoms with E-state index in [-0.39, 0.29) is 6.03 Å². The molecule has 5 rings (SSSR count). The lowest BCUT2D eigenvalue weighted by molar-refractivity contribution is 0.257. The summed E-state index contributed by atoms with van der Waals surface area (Å²) < 4.78 is 1.65. The molecule has 3 aromatic rings. The minimum atomic E-state index is -0.242. The number of fused-ring (bicyclic) bond motifs is 2. The molecule has 2 atom stereocenters. The minimum absolute atomic E-state index is 0.242. The third kappa shape index (κ3) is 3.56. The molecule has 162 valence electrons. The molecule has 1 fully saturated rings. The van der Waals surface area contributed by atoms with Gasteiger partial charge in [0, 0.05) is 49.2 Å². The predicted molar refractivity (Wildman–Crippen MR) is 119 cm³/mol. The molecule has 2 N–H and O–H groups in total. The fourth-order valence-electron chi connectivity index (χ4n) is 4.67. The zero-order chi connectivity index (χ0) is 21.7. The van der Waals surface area contributed by atoms with Crippen molar-refractivity contribution in [3.63, 3.8) is 0 Å². The van der Waals surface area contributed by atoms with Crippen molar-refractivity contribution in [2.45, 2.75) is 46.2 Å². The average Bonchev–Trinajstić information content (AvgIpc) is 3.30. The highest BCUT2D eigenvalue weighted by molar-refractivity contribution is 6.02. The molecule has 10 nitrogen and oxygen atoms in total. The van der Waals surface area contributed by atoms with Crippen LogP contribution in [0.25, 0.3) is 5.65 Å². The van der Waals surface area contributed by atoms with Crippen LogP contribution in [0.4, 0.5) is 22.1 Å². The van der Waals surface area contributed by atoms with Crippen LogP contribution in [0, 0.1) is 13.8 Å². The molecule has 0 aromatic carbocycles. The summed E-state index contributed by atoms with van der Waals surface area (Å²) in [6.45, 7) is 10.5. The first kappa shape index (κ1) is 19.7. The number of nitrogens with one attached hydrogen (secondary N) is 2. The van der Waals surface area contributed by atoms with E-state index >= 15 is 0 Å². The molecular weight excluding hydrogens is 394 g/mol. The largest absolute Gasteiger partial charge is 0.368 e. The molecular formula is C21H27N9O. The predicted octanol–water partition coefficient (Wildman–Crippen LogP) is 1.92. The van der Waals surface area contributed by atoms with Gasteiger partial charge < -0.3 is 10.2 Å². The molecule has 0 bridgehead atoms. The van der Waals surface area contributed by atoms with Crippen LogP contribution in [0.2, 0.25) is 0 Å². The Labute approximate surface area is 180 Å². The van der Waals surface area contributed by atoms with Gasteiger partial charge in [0.25, 0.3) is 0 Å². The molecule has 0 saturated carbocycles. The van der Waals surface area contributed by atoms with Gasteiger partial charge >= 0.3 is 6.03 Å². The molecule has 5 heterocycles. The molecule has 2 aliphatic heterocycles. The van der Waals surface area contributed by atoms with Gasteiger partial charge in [-0.25, -0.2) is 24.3 Å². The number of urea groups is 1. The highest BCUT2D eigenvalue weighted by Crippen LogP contribution is 2.34. The van der Waals surface area contributed by atoms with Crippen molar-refractivity contribution < 1.29 is 4.79 Å². The maximum atomic E-state index is 13.1. The van der Waals surface area contributed by atoms with Crippen LogP contribution in [-0.2, 0) is 6.42 Å². The lowest BCUT2D eigenvalue weighted by atomic mass is 10.1. The Balaban J connectivity index is 1.39. The number of carbonyl (C=O) groups excluding carboxylic acids is 1. The molecule has 0 radical (unpaired) electrons. The van der Waals surface area contributed by atoms with Crippen LogP contribution in [0.15, 0.2) is 18.5 Å². The maximum Gasteiger partial charge on any atom is 0.328 e. The third-order valence-corrected chi connectivity index (χ3v) is 5.82. The van der Waals surface area contributed by atoms with Gasteiger partial charge in [0.1, 0.15) is 11.6 Å². The van der Waals surface area contributed by atoms with Crippen LogP contribution >= 0.6 is 0 Å². The molecule has 31 heavy (non-hydrogen) atoms. The van der Waals surface area contributed by atoms with E-state index in [1.165, 1.54) is 5.69 Å². The summed E-state index contributed by atoms with van der Waals surface area (Å²) in [7, 11) is 0. The number of piperazine rings is 1. The summed E-state index contributed by atoms with van der Waals surface area (Å²) in [6, 6.07) is 2.65. The Morgan fingerprint density at radius 1 is 1.19 bits per heavy atom. The number of hydrogen-bond donors (Lipinski definition) is 2. The minimum Gasteiger partial charge on any atom is -0.368 e. The van der Waals surface area contributed by atoms with Crippen molar-refractivity contribution in [2.75, 3.05) is 34.8 Å². The number of aryl methyl sites for hydroxylation is 2. The number of pyridine rings is 1. The summed E-state index contributed by atoms with van der Waals surface area (Å²) >= 11 is 0. The van der Waals surface area contributed by atoms with Gasteiger partial charge in [0.2, 0.25) is 0 Å². The van der Waals surface area contributed by atoms with Gasteiger partial charge in [-0.2, -0.15) is 5.10 Å². The standard InChI is InChI=1S/C21H27N9O/c1-12-9-28(10-13(2)23-12)17-5-7-22-20-16(17)6-8-29(20)21(31)26-18-11-30-19(14(3)24-18)25-15(4)27-30/h5,7,11-13,23H,6,8-10H2,1-4H3,(H,26,31)/t12-,13+. The smallest absolute Gasteiger partial charge is 0.328 e. The lowest BCUT2D eigenvalue weighted by Gasteiger charge is -2.38. The summed E-state index contributed by atoms with van der Waals surface area (Å²) in [5.74, 6) is 1.83. The van der Waals surface area contributed by atoms with E-state index in [1.54, 1.807) is 21.8 Å². The molecule has 1 saturated heterocycles. The van der Waals surface area contributed by atoms with Crippen molar-refractivity contribution >= 4 is 29.0 Å². The fourth-order valence-corrected chi connectivity index (χ4v) is 4.67. The number of nitrogens with zero attached hydrogens (tertiary/aromatic N) is 7. The molecule has 0 unspecified atom stereocenters. The summed E-state index contributed by atoms with van der Waals surface area (Å²) in [5.41, 5.74) is 3.70. The monoisotopic (exact) mass is 421 g/mol. The zero-order valence-corrected chi connectivity index (χ0v) is 18.3. The second-order valence-electron chi connectivity index (χ2n) is 8.48. The number of carbonyl (C=O) groups is 1. The van der Waals surface area contributed by atoms with Gasteiger partial charge in [-0.3, -0.25) is 10.2 Å². The quantitative estimate of drug-likeness (QED) is 0.651. The van der Waals surface area contributed by atoms with Crippen LogP contribution < -0.4 is 20.4 Å². The normalized spacial score (nSPS) is 20.9. The zero-order valence-electron chi connectivity index (χ0n) is 18.3. The van der Waals surface area contributed by atoms with E-state index < -0.39 is 0 Å². The Kier molecular flexibility index (Phi) is 4.73. The Hall–Kier alpha value is -3.27. The Bertz CT molecular complexity index is 1150. The van der Waals surface area contributed by atoms with E-state index in [0.29, 0.717) is 41.6 Å². The average molecular weight is 422 g/mol. The number of amides is 2. The van der Waals surface area contributed by atoms with Gasteiger partial charge in [-0.1, -0.05) is 0 Å². The highest BCUT2D eigenvalue weighted by atomic mass is 16.2. The van der Waals surface area contributed by atoms with E-state index in [9.17, 15) is 4.79 Å². The van der Waals surface area contributed by atoms with Crippen molar-refractivity contribution in [2.24, 2.45) is 0 Å². The fraction of sp³-hybridized carbons (Fsp3) is 0.476. The van der Waals surface area contributed by atoms with E-state index in [2.05, 4.69) is 55.5 Å². The van der Waals surface area contributed by atoms with Crippen LogP contribution in [0.5, 0.6) is 0 Å². The van der Waals surface area contributed by atoms with Crippen molar-refractivity contribution in [3.8, 4) is 0 Å². The van der Waals surface area contributed by atoms with Crippen molar-refractivity contribution in [1.29, 1.82) is 0 Å². The summed E-state index contributed by atoms with van der Waals surface area (Å²) in [6.07, 6.45) is 4.26. The van der Waals surface area contributed by atoms with Gasteiger partial charge in [-0.05, 0) is 40.2 Å². The maximum absolute atomic E-state index is 13.1. The summed E-state index contributed by atoms with van der Waals surface area (Å²) in [4.78, 5) is 30.6. The number of anilines is 3. The first-order valence-electron chi connectivity index (χ1n) is 10.7. The highest BCUT2D eigenvalue weighted by Gasteiger charge is 2.31. The van der Waals surface area contributed by atoms with Crippen molar-refractivity contribution in [1.82, 2.24) is 29.9 Å². The molecule has 2 amide bonds. The van der Waals surface area contributed by atoms with Gasteiger partial charge in [-0.15, -0.1) is 0 Å². The van der Waals surface area contributed by atoms with Crippen molar-refractivity contribution in [3.05, 3.63) is 35.5 Å². The molecule has 0 aliphatic carbocycles. The number of aromatic nitrogens is 5. The second kappa shape index (κ2) is 7.45. The van der Waals surface area contributed by atoms with E-state index in [4.69, 9.17) is 0 Å². The van der Waals surface area contributed by atoms with Crippen LogP contribution in [0.3, 0.4) is 0 Å². The van der Waals surface area contributed by atoms with Gasteiger partial charge in [0.15, 0.2) is 11.5 Å². The molecule has 0 spiro atoms. The van der Waals surface area contributed by atoms with Crippen LogP contribution in [-0.4, -0.2) is 62.3 Å². The number of rotatable bonds is 2. The second-order valence-corrected chi connectivity index (χ2v) is 8.48. The van der Waals surface area contributed by atoms with Gasteiger partial charge in [0.05, 0.1) is 11.9 Å². The third-order valence-electron chi connectivity index (χ3n) is 5.82.